The molecule has 1 rings (SSSR count). The lowest BCUT2D eigenvalue weighted by Crippen LogP contribution is -2.29. The van der Waals surface area contributed by atoms with Gasteiger partial charge in [-0.1, -0.05) is 29.3 Å². The normalized spacial score (nSPS) is 9.65. The van der Waals surface area contributed by atoms with E-state index in [9.17, 15) is 9.59 Å². The molecule has 106 valence electrons. The molecule has 0 aliphatic rings. The van der Waals surface area contributed by atoms with Crippen LogP contribution in [-0.4, -0.2) is 25.0 Å². The quantitative estimate of drug-likeness (QED) is 0.644. The van der Waals surface area contributed by atoms with E-state index in [1.54, 1.807) is 18.2 Å². The topological polar surface area (TPSA) is 79.2 Å². The highest BCUT2D eigenvalue weighted by Gasteiger charge is 2.13. The van der Waals surface area contributed by atoms with Crippen molar-refractivity contribution in [2.24, 2.45) is 0 Å². The summed E-state index contributed by atoms with van der Waals surface area (Å²) in [5.74, 6) is -1.06. The van der Waals surface area contributed by atoms with E-state index < -0.39 is 18.5 Å². The molecule has 0 aromatic heterocycles. The van der Waals surface area contributed by atoms with E-state index in [1.807, 2.05) is 6.07 Å². The third-order valence-corrected chi connectivity index (χ3v) is 3.01. The maximum atomic E-state index is 11.6. The molecule has 1 aromatic rings. The number of carbonyl (C=O) groups is 2. The summed E-state index contributed by atoms with van der Waals surface area (Å²) in [7, 11) is 0. The molecule has 1 N–H and O–H groups in total. The van der Waals surface area contributed by atoms with Gasteiger partial charge in [0, 0.05) is 22.2 Å². The maximum absolute atomic E-state index is 11.6. The minimum atomic E-state index is -0.601. The van der Waals surface area contributed by atoms with Gasteiger partial charge >= 0.3 is 5.97 Å². The van der Waals surface area contributed by atoms with Crippen molar-refractivity contribution < 1.29 is 14.3 Å². The molecule has 0 saturated carbocycles. The van der Waals surface area contributed by atoms with Crippen molar-refractivity contribution in [1.29, 1.82) is 5.26 Å². The zero-order chi connectivity index (χ0) is 15.0. The minimum absolute atomic E-state index is 0.107. The summed E-state index contributed by atoms with van der Waals surface area (Å²) >= 11 is 11.8. The van der Waals surface area contributed by atoms with Crippen molar-refractivity contribution in [2.75, 3.05) is 13.2 Å². The SMILES string of the molecule is N#CCCNC(=O)COC(=O)Cc1c(Cl)cccc1Cl. The molecule has 5 nitrogen and oxygen atoms in total. The van der Waals surface area contributed by atoms with Crippen LogP contribution in [0.4, 0.5) is 0 Å². The van der Waals surface area contributed by atoms with Crippen LogP contribution in [0.15, 0.2) is 18.2 Å². The molecular weight excluding hydrogens is 303 g/mol. The Hall–Kier alpha value is -1.77. The molecule has 1 amide bonds. The lowest BCUT2D eigenvalue weighted by molar-refractivity contribution is -0.147. The van der Waals surface area contributed by atoms with Gasteiger partial charge in [-0.2, -0.15) is 5.26 Å². The zero-order valence-electron chi connectivity index (χ0n) is 10.5. The van der Waals surface area contributed by atoms with Crippen molar-refractivity contribution in [3.05, 3.63) is 33.8 Å². The summed E-state index contributed by atoms with van der Waals surface area (Å²) < 4.78 is 4.80. The van der Waals surface area contributed by atoms with Gasteiger partial charge < -0.3 is 10.1 Å². The van der Waals surface area contributed by atoms with Crippen molar-refractivity contribution in [3.8, 4) is 6.07 Å². The standard InChI is InChI=1S/C13H12Cl2N2O3/c14-10-3-1-4-11(15)9(10)7-13(19)20-8-12(18)17-6-2-5-16/h1,3-4H,2,6-8H2,(H,17,18). The molecule has 0 spiro atoms. The van der Waals surface area contributed by atoms with E-state index in [2.05, 4.69) is 5.32 Å². The number of rotatable bonds is 6. The van der Waals surface area contributed by atoms with Gasteiger partial charge in [-0.05, 0) is 12.1 Å². The first kappa shape index (κ1) is 16.3. The third-order valence-electron chi connectivity index (χ3n) is 2.31. The summed E-state index contributed by atoms with van der Waals surface area (Å²) in [6, 6.07) is 6.78. The number of benzene rings is 1. The van der Waals surface area contributed by atoms with Gasteiger partial charge in [0.15, 0.2) is 6.61 Å². The highest BCUT2D eigenvalue weighted by atomic mass is 35.5. The third kappa shape index (κ3) is 5.47. The largest absolute Gasteiger partial charge is 0.455 e. The Balaban J connectivity index is 2.41. The van der Waals surface area contributed by atoms with Gasteiger partial charge in [-0.3, -0.25) is 9.59 Å². The van der Waals surface area contributed by atoms with Gasteiger partial charge in [0.2, 0.25) is 0 Å². The predicted octanol–water partition coefficient (Wildman–Crippen LogP) is 2.11. The zero-order valence-corrected chi connectivity index (χ0v) is 12.0. The fourth-order valence-corrected chi connectivity index (χ4v) is 1.88. The number of ether oxygens (including phenoxy) is 1. The van der Waals surface area contributed by atoms with Crippen LogP contribution in [0.3, 0.4) is 0 Å². The highest BCUT2D eigenvalue weighted by Crippen LogP contribution is 2.24. The Morgan fingerprint density at radius 1 is 1.30 bits per heavy atom. The Kier molecular flexibility index (Phi) is 6.85. The van der Waals surface area contributed by atoms with Crippen LogP contribution in [0.25, 0.3) is 0 Å². The molecule has 0 heterocycles. The van der Waals surface area contributed by atoms with E-state index in [0.29, 0.717) is 15.6 Å². The Bertz CT molecular complexity index is 521. The average Bonchev–Trinajstić information content (AvgIpc) is 2.41. The van der Waals surface area contributed by atoms with Gasteiger partial charge in [-0.25, -0.2) is 0 Å². The molecule has 0 aliphatic carbocycles. The fraction of sp³-hybridized carbons (Fsp3) is 0.308. The van der Waals surface area contributed by atoms with Crippen LogP contribution in [0, 0.1) is 11.3 Å². The highest BCUT2D eigenvalue weighted by molar-refractivity contribution is 6.36. The van der Waals surface area contributed by atoms with Gasteiger partial charge in [0.25, 0.3) is 5.91 Å². The van der Waals surface area contributed by atoms with E-state index in [-0.39, 0.29) is 19.4 Å². The minimum Gasteiger partial charge on any atom is -0.455 e. The number of nitrogens with one attached hydrogen (secondary N) is 1. The predicted molar refractivity (Wildman–Crippen MR) is 74.4 cm³/mol. The summed E-state index contributed by atoms with van der Waals surface area (Å²) in [6.45, 7) is -0.171. The van der Waals surface area contributed by atoms with Crippen molar-refractivity contribution in [1.82, 2.24) is 5.32 Å². The first-order chi connectivity index (χ1) is 9.54. The lowest BCUT2D eigenvalue weighted by atomic mass is 10.1. The van der Waals surface area contributed by atoms with Gasteiger partial charge in [0.1, 0.15) is 0 Å². The maximum Gasteiger partial charge on any atom is 0.310 e. The molecule has 0 fully saturated rings. The van der Waals surface area contributed by atoms with E-state index >= 15 is 0 Å². The summed E-state index contributed by atoms with van der Waals surface area (Å²) in [5, 5.41) is 11.5. The Labute approximate surface area is 126 Å². The summed E-state index contributed by atoms with van der Waals surface area (Å²) in [6.07, 6.45) is 0.0961. The van der Waals surface area contributed by atoms with Crippen molar-refractivity contribution in [3.63, 3.8) is 0 Å². The molecule has 0 atom stereocenters. The number of carbonyl (C=O) groups excluding carboxylic acids is 2. The van der Waals surface area contributed by atoms with Gasteiger partial charge in [0.05, 0.1) is 18.9 Å². The average molecular weight is 315 g/mol. The molecular formula is C13H12Cl2N2O3. The Morgan fingerprint density at radius 3 is 2.55 bits per heavy atom. The van der Waals surface area contributed by atoms with E-state index in [1.165, 1.54) is 0 Å². The molecule has 0 saturated heterocycles. The number of nitriles is 1. The van der Waals surface area contributed by atoms with E-state index in [4.69, 9.17) is 33.2 Å². The second-order valence-electron chi connectivity index (χ2n) is 3.80. The number of halogens is 2. The summed E-state index contributed by atoms with van der Waals surface area (Å²) in [4.78, 5) is 22.8. The Morgan fingerprint density at radius 2 is 1.95 bits per heavy atom. The van der Waals surface area contributed by atoms with Gasteiger partial charge in [-0.15, -0.1) is 0 Å². The molecule has 0 bridgehead atoms. The van der Waals surface area contributed by atoms with Crippen molar-refractivity contribution >= 4 is 35.1 Å². The molecule has 0 aliphatic heterocycles. The lowest BCUT2D eigenvalue weighted by Gasteiger charge is -2.07. The van der Waals surface area contributed by atoms with Crippen LogP contribution >= 0.6 is 23.2 Å². The number of nitrogens with zero attached hydrogens (tertiary/aromatic N) is 1. The van der Waals surface area contributed by atoms with Crippen LogP contribution in [0.1, 0.15) is 12.0 Å². The number of hydrogen-bond acceptors (Lipinski definition) is 4. The van der Waals surface area contributed by atoms with Crippen LogP contribution in [-0.2, 0) is 20.7 Å². The van der Waals surface area contributed by atoms with Crippen LogP contribution in [0.5, 0.6) is 0 Å². The molecule has 7 heteroatoms. The second-order valence-corrected chi connectivity index (χ2v) is 4.61. The smallest absolute Gasteiger partial charge is 0.310 e. The van der Waals surface area contributed by atoms with E-state index in [0.717, 1.165) is 0 Å². The fourth-order valence-electron chi connectivity index (χ4n) is 1.35. The summed E-state index contributed by atoms with van der Waals surface area (Å²) in [5.41, 5.74) is 0.464. The second kappa shape index (κ2) is 8.41. The number of esters is 1. The molecule has 0 unspecified atom stereocenters. The first-order valence-electron chi connectivity index (χ1n) is 5.76. The van der Waals surface area contributed by atoms with Crippen molar-refractivity contribution in [2.45, 2.75) is 12.8 Å². The number of amides is 1. The first-order valence-corrected chi connectivity index (χ1v) is 6.52. The molecule has 0 radical (unpaired) electrons. The van der Waals surface area contributed by atoms with Crippen LogP contribution in [0.2, 0.25) is 10.0 Å². The monoisotopic (exact) mass is 314 g/mol. The number of hydrogen-bond donors (Lipinski definition) is 1. The molecule has 1 aromatic carbocycles. The van der Waals surface area contributed by atoms with Crippen LogP contribution < -0.4 is 5.32 Å². The molecule has 20 heavy (non-hydrogen) atoms.